The van der Waals surface area contributed by atoms with Gasteiger partial charge in [0.1, 0.15) is 0 Å². The zero-order valence-corrected chi connectivity index (χ0v) is 12.2. The van der Waals surface area contributed by atoms with Crippen molar-refractivity contribution in [3.63, 3.8) is 0 Å². The highest BCUT2D eigenvalue weighted by molar-refractivity contribution is 5.91. The normalized spacial score (nSPS) is 12.5. The van der Waals surface area contributed by atoms with Crippen LogP contribution in [0.25, 0.3) is 6.08 Å². The number of hydrogen-bond donors (Lipinski definition) is 1. The van der Waals surface area contributed by atoms with E-state index in [1.165, 1.54) is 6.08 Å². The molecule has 0 aliphatic carbocycles. The average molecular weight is 285 g/mol. The summed E-state index contributed by atoms with van der Waals surface area (Å²) >= 11 is 0. The van der Waals surface area contributed by atoms with Gasteiger partial charge in [0.15, 0.2) is 0 Å². The van der Waals surface area contributed by atoms with Gasteiger partial charge in [-0.25, -0.2) is 0 Å². The van der Waals surface area contributed by atoms with E-state index in [1.807, 2.05) is 31.2 Å². The van der Waals surface area contributed by atoms with Gasteiger partial charge in [-0.1, -0.05) is 24.3 Å². The Bertz CT molecular complexity index is 602. The number of carbonyl (C=O) groups excluding carboxylic acids is 1. The Balaban J connectivity index is 1.91. The molecule has 0 radical (unpaired) electrons. The zero-order valence-electron chi connectivity index (χ0n) is 12.2. The number of amides is 1. The maximum absolute atomic E-state index is 11.8. The molecular weight excluding hydrogens is 266 g/mol. The highest BCUT2D eigenvalue weighted by atomic mass is 16.5. The lowest BCUT2D eigenvalue weighted by atomic mass is 10.0. The zero-order chi connectivity index (χ0) is 15.1. The van der Waals surface area contributed by atoms with Crippen LogP contribution in [-0.2, 0) is 9.53 Å². The topological polar surface area (TPSA) is 51.5 Å². The van der Waals surface area contributed by atoms with Gasteiger partial charge in [-0.2, -0.15) is 0 Å². The summed E-state index contributed by atoms with van der Waals surface area (Å²) in [4.78, 5) is 11.8. The van der Waals surface area contributed by atoms with E-state index in [0.29, 0.717) is 6.54 Å². The van der Waals surface area contributed by atoms with E-state index in [1.54, 1.807) is 31.8 Å². The van der Waals surface area contributed by atoms with Gasteiger partial charge < -0.3 is 14.5 Å². The van der Waals surface area contributed by atoms with Crippen LogP contribution in [0, 0.1) is 6.92 Å². The van der Waals surface area contributed by atoms with Crippen molar-refractivity contribution in [3.8, 4) is 0 Å². The molecule has 0 saturated heterocycles. The third-order valence-electron chi connectivity index (χ3n) is 3.25. The van der Waals surface area contributed by atoms with Crippen molar-refractivity contribution in [2.75, 3.05) is 13.7 Å². The molecule has 0 bridgehead atoms. The monoisotopic (exact) mass is 285 g/mol. The van der Waals surface area contributed by atoms with Gasteiger partial charge in [0, 0.05) is 25.3 Å². The third kappa shape index (κ3) is 4.33. The number of nitrogens with one attached hydrogen (secondary N) is 1. The molecule has 21 heavy (non-hydrogen) atoms. The van der Waals surface area contributed by atoms with E-state index in [-0.39, 0.29) is 12.0 Å². The van der Waals surface area contributed by atoms with E-state index in [9.17, 15) is 4.79 Å². The minimum Gasteiger partial charge on any atom is -0.472 e. The molecule has 2 aromatic rings. The average Bonchev–Trinajstić information content (AvgIpc) is 3.01. The Morgan fingerprint density at radius 2 is 2.19 bits per heavy atom. The van der Waals surface area contributed by atoms with Crippen molar-refractivity contribution in [3.05, 3.63) is 65.6 Å². The molecule has 1 N–H and O–H groups in total. The Kier molecular flexibility index (Phi) is 5.35. The summed E-state index contributed by atoms with van der Waals surface area (Å²) in [5, 5.41) is 2.84. The molecule has 0 fully saturated rings. The van der Waals surface area contributed by atoms with E-state index in [2.05, 4.69) is 5.32 Å². The lowest BCUT2D eigenvalue weighted by molar-refractivity contribution is -0.117. The Morgan fingerprint density at radius 1 is 1.38 bits per heavy atom. The van der Waals surface area contributed by atoms with Crippen molar-refractivity contribution in [1.29, 1.82) is 0 Å². The molecule has 1 aromatic heterocycles. The summed E-state index contributed by atoms with van der Waals surface area (Å²) in [7, 11) is 1.64. The van der Waals surface area contributed by atoms with Crippen molar-refractivity contribution >= 4 is 12.0 Å². The number of benzene rings is 1. The van der Waals surface area contributed by atoms with Crippen LogP contribution < -0.4 is 5.32 Å². The molecule has 1 aromatic carbocycles. The summed E-state index contributed by atoms with van der Waals surface area (Å²) in [5.41, 5.74) is 3.08. The number of ether oxygens (including phenoxy) is 1. The number of hydrogen-bond acceptors (Lipinski definition) is 3. The minimum absolute atomic E-state index is 0.155. The summed E-state index contributed by atoms with van der Waals surface area (Å²) in [6, 6.07) is 9.78. The van der Waals surface area contributed by atoms with E-state index in [0.717, 1.165) is 16.7 Å². The quantitative estimate of drug-likeness (QED) is 0.830. The largest absolute Gasteiger partial charge is 0.472 e. The number of methoxy groups -OCH3 is 1. The standard InChI is InChI=1S/C17H19NO3/c1-13-5-3-4-6-15(13)16(20-2)11-18-17(19)8-7-14-9-10-21-12-14/h3-10,12,16H,11H2,1-2H3,(H,18,19)/b8-7+. The summed E-state index contributed by atoms with van der Waals surface area (Å²) < 4.78 is 10.4. The predicted molar refractivity (Wildman–Crippen MR) is 81.7 cm³/mol. The van der Waals surface area contributed by atoms with Crippen LogP contribution in [0.5, 0.6) is 0 Å². The first-order chi connectivity index (χ1) is 10.2. The maximum Gasteiger partial charge on any atom is 0.244 e. The molecule has 0 aliphatic rings. The van der Waals surface area contributed by atoms with Gasteiger partial charge in [-0.3, -0.25) is 4.79 Å². The van der Waals surface area contributed by atoms with Crippen molar-refractivity contribution in [2.45, 2.75) is 13.0 Å². The minimum atomic E-state index is -0.160. The highest BCUT2D eigenvalue weighted by Gasteiger charge is 2.13. The van der Waals surface area contributed by atoms with Gasteiger partial charge in [0.05, 0.1) is 18.6 Å². The number of aryl methyl sites for hydroxylation is 1. The molecular formula is C17H19NO3. The van der Waals surface area contributed by atoms with Crippen LogP contribution in [0.15, 0.2) is 53.4 Å². The number of rotatable bonds is 6. The molecule has 0 aliphatic heterocycles. The first-order valence-electron chi connectivity index (χ1n) is 6.77. The van der Waals surface area contributed by atoms with Gasteiger partial charge in [0.25, 0.3) is 0 Å². The molecule has 110 valence electrons. The molecule has 1 unspecified atom stereocenters. The lowest BCUT2D eigenvalue weighted by Gasteiger charge is -2.18. The van der Waals surface area contributed by atoms with Gasteiger partial charge in [0.2, 0.25) is 5.91 Å². The summed E-state index contributed by atoms with van der Waals surface area (Å²) in [5.74, 6) is -0.160. The molecule has 1 heterocycles. The molecule has 1 atom stereocenters. The number of furan rings is 1. The van der Waals surface area contributed by atoms with Crippen molar-refractivity contribution < 1.29 is 13.9 Å². The first-order valence-corrected chi connectivity index (χ1v) is 6.77. The fourth-order valence-corrected chi connectivity index (χ4v) is 2.06. The molecule has 0 spiro atoms. The molecule has 4 nitrogen and oxygen atoms in total. The van der Waals surface area contributed by atoms with Crippen LogP contribution in [0.3, 0.4) is 0 Å². The second-order valence-electron chi connectivity index (χ2n) is 4.72. The van der Waals surface area contributed by atoms with Gasteiger partial charge in [-0.15, -0.1) is 0 Å². The van der Waals surface area contributed by atoms with Crippen molar-refractivity contribution in [1.82, 2.24) is 5.32 Å². The van der Waals surface area contributed by atoms with Crippen LogP contribution in [0.2, 0.25) is 0 Å². The molecule has 2 rings (SSSR count). The smallest absolute Gasteiger partial charge is 0.244 e. The Morgan fingerprint density at radius 3 is 2.86 bits per heavy atom. The SMILES string of the molecule is COC(CNC(=O)/C=C/c1ccoc1)c1ccccc1C. The van der Waals surface area contributed by atoms with Crippen LogP contribution in [-0.4, -0.2) is 19.6 Å². The van der Waals surface area contributed by atoms with Crippen LogP contribution >= 0.6 is 0 Å². The molecule has 4 heteroatoms. The van der Waals surface area contributed by atoms with Crippen molar-refractivity contribution in [2.24, 2.45) is 0 Å². The van der Waals surface area contributed by atoms with E-state index in [4.69, 9.17) is 9.15 Å². The van der Waals surface area contributed by atoms with E-state index < -0.39 is 0 Å². The second-order valence-corrected chi connectivity index (χ2v) is 4.72. The highest BCUT2D eigenvalue weighted by Crippen LogP contribution is 2.19. The van der Waals surface area contributed by atoms with Crippen LogP contribution in [0.4, 0.5) is 0 Å². The number of carbonyl (C=O) groups is 1. The van der Waals surface area contributed by atoms with Gasteiger partial charge in [-0.05, 0) is 30.2 Å². The lowest BCUT2D eigenvalue weighted by Crippen LogP contribution is -2.27. The maximum atomic E-state index is 11.8. The second kappa shape index (κ2) is 7.45. The molecule has 1 amide bonds. The third-order valence-corrected chi connectivity index (χ3v) is 3.25. The fourth-order valence-electron chi connectivity index (χ4n) is 2.06. The Hall–Kier alpha value is -2.33. The van der Waals surface area contributed by atoms with Crippen LogP contribution in [0.1, 0.15) is 22.8 Å². The molecule has 0 saturated carbocycles. The van der Waals surface area contributed by atoms with E-state index >= 15 is 0 Å². The summed E-state index contributed by atoms with van der Waals surface area (Å²) in [6.45, 7) is 2.46. The Labute approximate surface area is 124 Å². The fraction of sp³-hybridized carbons (Fsp3) is 0.235. The van der Waals surface area contributed by atoms with Gasteiger partial charge >= 0.3 is 0 Å². The summed E-state index contributed by atoms with van der Waals surface area (Å²) in [6.07, 6.45) is 6.17. The predicted octanol–water partition coefficient (Wildman–Crippen LogP) is 3.11. The first kappa shape index (κ1) is 15.1.